The molecule has 3 atom stereocenters. The van der Waals surface area contributed by atoms with Crippen LogP contribution < -0.4 is 0 Å². The van der Waals surface area contributed by atoms with Crippen molar-refractivity contribution in [2.75, 3.05) is 6.54 Å². The number of hydrogen-bond donors (Lipinski definition) is 1. The number of likely N-dealkylation sites (tertiary alicyclic amines) is 1. The van der Waals surface area contributed by atoms with E-state index in [1.807, 2.05) is 0 Å². The molecule has 3 heteroatoms. The molecule has 0 radical (unpaired) electrons. The third-order valence-corrected chi connectivity index (χ3v) is 4.63. The van der Waals surface area contributed by atoms with Gasteiger partial charge in [0.1, 0.15) is 5.54 Å². The minimum atomic E-state index is -0.572. The van der Waals surface area contributed by atoms with Crippen LogP contribution in [0.1, 0.15) is 58.8 Å². The highest BCUT2D eigenvalue weighted by atomic mass is 16.4. The Morgan fingerprint density at radius 1 is 1.41 bits per heavy atom. The topological polar surface area (TPSA) is 40.5 Å². The van der Waals surface area contributed by atoms with E-state index in [1.54, 1.807) is 0 Å². The normalized spacial score (nSPS) is 33.4. The molecular weight excluding hydrogens is 214 g/mol. The molecule has 1 aliphatic carbocycles. The third kappa shape index (κ3) is 2.10. The lowest BCUT2D eigenvalue weighted by Gasteiger charge is -2.33. The number of hydrogen-bond acceptors (Lipinski definition) is 2. The summed E-state index contributed by atoms with van der Waals surface area (Å²) in [5.74, 6) is -0.126. The van der Waals surface area contributed by atoms with Crippen molar-refractivity contribution in [2.24, 2.45) is 5.92 Å². The van der Waals surface area contributed by atoms with Gasteiger partial charge in [0.2, 0.25) is 0 Å². The fraction of sp³-hybridized carbons (Fsp3) is 0.929. The van der Waals surface area contributed by atoms with E-state index in [2.05, 4.69) is 18.7 Å². The summed E-state index contributed by atoms with van der Waals surface area (Å²) in [5.41, 5.74) is -0.451. The van der Waals surface area contributed by atoms with Gasteiger partial charge in [0.15, 0.2) is 0 Å². The molecule has 1 heterocycles. The zero-order valence-electron chi connectivity index (χ0n) is 11.1. The Labute approximate surface area is 104 Å². The summed E-state index contributed by atoms with van der Waals surface area (Å²) in [5, 5.41) is 9.49. The monoisotopic (exact) mass is 239 g/mol. The van der Waals surface area contributed by atoms with Gasteiger partial charge in [-0.3, -0.25) is 9.69 Å². The zero-order valence-corrected chi connectivity index (χ0v) is 11.1. The van der Waals surface area contributed by atoms with Crippen LogP contribution in [0.25, 0.3) is 0 Å². The maximum Gasteiger partial charge on any atom is 0.324 e. The predicted octanol–water partition coefficient (Wildman–Crippen LogP) is 2.89. The quantitative estimate of drug-likeness (QED) is 0.742. The first-order chi connectivity index (χ1) is 8.16. The Kier molecular flexibility index (Phi) is 3.76. The molecule has 17 heavy (non-hydrogen) atoms. The van der Waals surface area contributed by atoms with Crippen molar-refractivity contribution in [3.05, 3.63) is 0 Å². The Bertz CT molecular complexity index is 292. The minimum Gasteiger partial charge on any atom is -0.480 e. The van der Waals surface area contributed by atoms with Gasteiger partial charge in [0.05, 0.1) is 0 Å². The van der Waals surface area contributed by atoms with Crippen LogP contribution in [-0.4, -0.2) is 34.1 Å². The molecule has 0 amide bonds. The molecule has 0 bridgehead atoms. The largest absolute Gasteiger partial charge is 0.480 e. The van der Waals surface area contributed by atoms with Gasteiger partial charge in [-0.1, -0.05) is 33.1 Å². The molecule has 2 rings (SSSR count). The van der Waals surface area contributed by atoms with E-state index in [0.717, 1.165) is 32.2 Å². The number of fused-ring (bicyclic) bond motifs is 1. The van der Waals surface area contributed by atoms with Crippen LogP contribution in [0.3, 0.4) is 0 Å². The minimum absolute atomic E-state index is 0.445. The SMILES string of the molecule is CCCCC(CCC)N1CCC2CC21C(=O)O. The summed E-state index contributed by atoms with van der Waals surface area (Å²) in [6, 6.07) is 0.503. The van der Waals surface area contributed by atoms with Crippen molar-refractivity contribution in [1.82, 2.24) is 4.90 Å². The fourth-order valence-electron chi connectivity index (χ4n) is 3.63. The van der Waals surface area contributed by atoms with Gasteiger partial charge in [0, 0.05) is 6.04 Å². The van der Waals surface area contributed by atoms with Gasteiger partial charge in [-0.2, -0.15) is 0 Å². The second-order valence-electron chi connectivity index (χ2n) is 5.70. The third-order valence-electron chi connectivity index (χ3n) is 4.63. The summed E-state index contributed by atoms with van der Waals surface area (Å²) >= 11 is 0. The van der Waals surface area contributed by atoms with Crippen molar-refractivity contribution >= 4 is 5.97 Å². The Morgan fingerprint density at radius 2 is 2.18 bits per heavy atom. The second kappa shape index (κ2) is 4.97. The molecule has 1 N–H and O–H groups in total. The van der Waals surface area contributed by atoms with Gasteiger partial charge in [-0.25, -0.2) is 0 Å². The van der Waals surface area contributed by atoms with Gasteiger partial charge >= 0.3 is 5.97 Å². The molecule has 0 aromatic heterocycles. The number of carboxylic acids is 1. The molecule has 2 fully saturated rings. The van der Waals surface area contributed by atoms with Crippen molar-refractivity contribution in [3.8, 4) is 0 Å². The predicted molar refractivity (Wildman–Crippen MR) is 68.0 cm³/mol. The molecule has 0 aromatic rings. The first kappa shape index (κ1) is 12.9. The van der Waals surface area contributed by atoms with Gasteiger partial charge in [-0.05, 0) is 38.1 Å². The van der Waals surface area contributed by atoms with E-state index in [-0.39, 0.29) is 0 Å². The molecule has 3 unspecified atom stereocenters. The first-order valence-electron chi connectivity index (χ1n) is 7.17. The standard InChI is InChI=1S/C14H25NO2/c1-3-5-7-12(6-4-2)15-9-8-11-10-14(11,15)13(16)17/h11-12H,3-10H2,1-2H3,(H,16,17). The fourth-order valence-corrected chi connectivity index (χ4v) is 3.63. The first-order valence-corrected chi connectivity index (χ1v) is 7.17. The lowest BCUT2D eigenvalue weighted by Crippen LogP contribution is -2.47. The lowest BCUT2D eigenvalue weighted by atomic mass is 10.0. The zero-order chi connectivity index (χ0) is 12.5. The van der Waals surface area contributed by atoms with Gasteiger partial charge in [0.25, 0.3) is 0 Å². The van der Waals surface area contributed by atoms with Gasteiger partial charge in [-0.15, -0.1) is 0 Å². The number of carboxylic acid groups (broad SMARTS) is 1. The molecular formula is C14H25NO2. The second-order valence-corrected chi connectivity index (χ2v) is 5.70. The van der Waals surface area contributed by atoms with Crippen LogP contribution in [0.2, 0.25) is 0 Å². The summed E-state index contributed by atoms with van der Waals surface area (Å²) in [6.45, 7) is 5.41. The van der Waals surface area contributed by atoms with Crippen molar-refractivity contribution in [1.29, 1.82) is 0 Å². The summed E-state index contributed by atoms with van der Waals surface area (Å²) < 4.78 is 0. The molecule has 1 saturated heterocycles. The van der Waals surface area contributed by atoms with Crippen LogP contribution in [0, 0.1) is 5.92 Å². The average molecular weight is 239 g/mol. The Balaban J connectivity index is 2.05. The molecule has 0 spiro atoms. The van der Waals surface area contributed by atoms with Crippen LogP contribution >= 0.6 is 0 Å². The highest BCUT2D eigenvalue weighted by Gasteiger charge is 2.68. The van der Waals surface area contributed by atoms with E-state index >= 15 is 0 Å². The maximum atomic E-state index is 11.5. The molecule has 0 aromatic carbocycles. The number of unbranched alkanes of at least 4 members (excludes halogenated alkanes) is 1. The number of nitrogens with zero attached hydrogens (tertiary/aromatic N) is 1. The molecule has 3 nitrogen and oxygen atoms in total. The Morgan fingerprint density at radius 3 is 2.71 bits per heavy atom. The number of piperidine rings is 1. The highest BCUT2D eigenvalue weighted by molar-refractivity contribution is 5.84. The number of carbonyl (C=O) groups is 1. The van der Waals surface area contributed by atoms with Crippen LogP contribution in [-0.2, 0) is 4.79 Å². The van der Waals surface area contributed by atoms with E-state index in [4.69, 9.17) is 0 Å². The molecule has 1 aliphatic heterocycles. The lowest BCUT2D eigenvalue weighted by molar-refractivity contribution is -0.145. The van der Waals surface area contributed by atoms with E-state index in [1.165, 1.54) is 19.3 Å². The highest BCUT2D eigenvalue weighted by Crippen LogP contribution is 2.57. The van der Waals surface area contributed by atoms with Crippen LogP contribution in [0.4, 0.5) is 0 Å². The molecule has 1 saturated carbocycles. The van der Waals surface area contributed by atoms with Crippen LogP contribution in [0.5, 0.6) is 0 Å². The van der Waals surface area contributed by atoms with Crippen molar-refractivity contribution in [3.63, 3.8) is 0 Å². The van der Waals surface area contributed by atoms with E-state index in [0.29, 0.717) is 12.0 Å². The van der Waals surface area contributed by atoms with E-state index < -0.39 is 11.5 Å². The van der Waals surface area contributed by atoms with E-state index in [9.17, 15) is 9.90 Å². The average Bonchev–Trinajstić information content (AvgIpc) is 2.93. The number of rotatable bonds is 7. The maximum absolute atomic E-state index is 11.5. The molecule has 2 aliphatic rings. The van der Waals surface area contributed by atoms with Crippen molar-refractivity contribution < 1.29 is 9.90 Å². The summed E-state index contributed by atoms with van der Waals surface area (Å²) in [4.78, 5) is 13.8. The summed E-state index contributed by atoms with van der Waals surface area (Å²) in [7, 11) is 0. The van der Waals surface area contributed by atoms with Gasteiger partial charge < -0.3 is 5.11 Å². The number of aliphatic carboxylic acids is 1. The van der Waals surface area contributed by atoms with Crippen molar-refractivity contribution in [2.45, 2.75) is 70.4 Å². The van der Waals surface area contributed by atoms with Crippen LogP contribution in [0.15, 0.2) is 0 Å². The Hall–Kier alpha value is -0.570. The molecule has 98 valence electrons. The smallest absolute Gasteiger partial charge is 0.324 e. The summed E-state index contributed by atoms with van der Waals surface area (Å²) in [6.07, 6.45) is 7.91.